The molecule has 21 heavy (non-hydrogen) atoms. The average molecular weight is 299 g/mol. The summed E-state index contributed by atoms with van der Waals surface area (Å²) in [6, 6.07) is 0. The molecule has 0 aromatic heterocycles. The molecule has 0 aliphatic carbocycles. The van der Waals surface area contributed by atoms with Crippen LogP contribution in [0.4, 0.5) is 0 Å². The average Bonchev–Trinajstić information content (AvgIpc) is 2.37. The summed E-state index contributed by atoms with van der Waals surface area (Å²) in [6.45, 7) is 11.1. The van der Waals surface area contributed by atoms with E-state index >= 15 is 0 Å². The Hall–Kier alpha value is -0.530. The van der Waals surface area contributed by atoms with Crippen LogP contribution in [0, 0.1) is 23.7 Å². The van der Waals surface area contributed by atoms with Crippen LogP contribution in [-0.4, -0.2) is 11.1 Å². The van der Waals surface area contributed by atoms with Crippen molar-refractivity contribution in [2.75, 3.05) is 0 Å². The van der Waals surface area contributed by atoms with E-state index in [9.17, 15) is 4.79 Å². The Morgan fingerprint density at radius 3 is 1.48 bits per heavy atom. The molecular weight excluding hydrogens is 260 g/mol. The van der Waals surface area contributed by atoms with Crippen LogP contribution in [0.25, 0.3) is 0 Å². The third-order valence-electron chi connectivity index (χ3n) is 4.63. The van der Waals surface area contributed by atoms with E-state index in [0.29, 0.717) is 0 Å². The largest absolute Gasteiger partial charge is 0.481 e. The van der Waals surface area contributed by atoms with Gasteiger partial charge in [-0.3, -0.25) is 4.79 Å². The fourth-order valence-electron chi connectivity index (χ4n) is 2.87. The van der Waals surface area contributed by atoms with E-state index in [1.54, 1.807) is 0 Å². The maximum absolute atomic E-state index is 10.8. The lowest BCUT2D eigenvalue weighted by Gasteiger charge is -2.15. The van der Waals surface area contributed by atoms with Crippen LogP contribution in [-0.2, 0) is 4.79 Å². The highest BCUT2D eigenvalue weighted by Crippen LogP contribution is 2.22. The molecule has 0 heterocycles. The molecule has 3 atom stereocenters. The second-order valence-electron chi connectivity index (χ2n) is 7.64. The third kappa shape index (κ3) is 12.9. The van der Waals surface area contributed by atoms with E-state index in [4.69, 9.17) is 5.11 Å². The maximum atomic E-state index is 10.8. The summed E-state index contributed by atoms with van der Waals surface area (Å²) < 4.78 is 0. The molecule has 0 fully saturated rings. The Labute approximate surface area is 132 Å². The van der Waals surface area contributed by atoms with Gasteiger partial charge in [-0.15, -0.1) is 0 Å². The lowest BCUT2D eigenvalue weighted by atomic mass is 9.91. The first-order valence-electron chi connectivity index (χ1n) is 9.05. The number of carboxylic acids is 1. The first-order chi connectivity index (χ1) is 9.82. The Balaban J connectivity index is 3.52. The SMILES string of the molecule is CC(C)CCC[C@@H](C)CCC[C@H](C)CCC[C@@H](C)C(=O)O. The molecule has 0 saturated heterocycles. The Kier molecular flexibility index (Phi) is 11.8. The summed E-state index contributed by atoms with van der Waals surface area (Å²) in [5.41, 5.74) is 0. The van der Waals surface area contributed by atoms with Gasteiger partial charge in [0.05, 0.1) is 5.92 Å². The molecule has 0 aliphatic heterocycles. The van der Waals surface area contributed by atoms with Crippen molar-refractivity contribution in [2.24, 2.45) is 23.7 Å². The zero-order valence-corrected chi connectivity index (χ0v) is 15.0. The van der Waals surface area contributed by atoms with Crippen molar-refractivity contribution >= 4 is 5.97 Å². The van der Waals surface area contributed by atoms with E-state index in [1.165, 1.54) is 44.9 Å². The minimum atomic E-state index is -0.655. The first-order valence-corrected chi connectivity index (χ1v) is 9.05. The van der Waals surface area contributed by atoms with Crippen molar-refractivity contribution in [3.63, 3.8) is 0 Å². The lowest BCUT2D eigenvalue weighted by molar-refractivity contribution is -0.141. The normalized spacial score (nSPS) is 15.9. The molecular formula is C19H38O2. The number of hydrogen-bond acceptors (Lipinski definition) is 1. The second-order valence-corrected chi connectivity index (χ2v) is 7.64. The van der Waals surface area contributed by atoms with Crippen LogP contribution >= 0.6 is 0 Å². The van der Waals surface area contributed by atoms with Crippen molar-refractivity contribution < 1.29 is 9.90 Å². The van der Waals surface area contributed by atoms with E-state index in [0.717, 1.165) is 30.6 Å². The van der Waals surface area contributed by atoms with Crippen molar-refractivity contribution in [1.82, 2.24) is 0 Å². The summed E-state index contributed by atoms with van der Waals surface area (Å²) in [5, 5.41) is 8.85. The van der Waals surface area contributed by atoms with Gasteiger partial charge >= 0.3 is 5.97 Å². The maximum Gasteiger partial charge on any atom is 0.306 e. The molecule has 126 valence electrons. The molecule has 0 bridgehead atoms. The van der Waals surface area contributed by atoms with Gasteiger partial charge in [0.2, 0.25) is 0 Å². The number of carbonyl (C=O) groups is 1. The van der Waals surface area contributed by atoms with Crippen LogP contribution < -0.4 is 0 Å². The van der Waals surface area contributed by atoms with Crippen LogP contribution in [0.1, 0.15) is 92.4 Å². The number of carboxylic acid groups (broad SMARTS) is 1. The van der Waals surface area contributed by atoms with Crippen molar-refractivity contribution in [3.8, 4) is 0 Å². The number of hydrogen-bond donors (Lipinski definition) is 1. The summed E-state index contributed by atoms with van der Waals surface area (Å²) in [7, 11) is 0. The van der Waals surface area contributed by atoms with Gasteiger partial charge < -0.3 is 5.11 Å². The molecule has 2 nitrogen and oxygen atoms in total. The molecule has 0 amide bonds. The molecule has 0 aromatic rings. The quantitative estimate of drug-likeness (QED) is 0.443. The molecule has 0 rings (SSSR count). The van der Waals surface area contributed by atoms with Crippen molar-refractivity contribution in [2.45, 2.75) is 92.4 Å². The zero-order valence-electron chi connectivity index (χ0n) is 15.0. The highest BCUT2D eigenvalue weighted by Gasteiger charge is 2.11. The second kappa shape index (κ2) is 12.1. The standard InChI is InChI=1S/C19H38O2/c1-15(2)9-6-10-16(3)11-7-12-17(4)13-8-14-18(5)19(20)21/h15-18H,6-14H2,1-5H3,(H,20,21)/t16-,17+,18-/m1/s1. The summed E-state index contributed by atoms with van der Waals surface area (Å²) >= 11 is 0. The van der Waals surface area contributed by atoms with Crippen LogP contribution in [0.3, 0.4) is 0 Å². The fourth-order valence-corrected chi connectivity index (χ4v) is 2.87. The highest BCUT2D eigenvalue weighted by atomic mass is 16.4. The van der Waals surface area contributed by atoms with Crippen LogP contribution in [0.2, 0.25) is 0 Å². The van der Waals surface area contributed by atoms with Crippen LogP contribution in [0.5, 0.6) is 0 Å². The van der Waals surface area contributed by atoms with Gasteiger partial charge in [0.1, 0.15) is 0 Å². The molecule has 2 heteroatoms. The summed E-state index contributed by atoms with van der Waals surface area (Å²) in [5.74, 6) is 1.61. The van der Waals surface area contributed by atoms with E-state index in [1.807, 2.05) is 6.92 Å². The highest BCUT2D eigenvalue weighted by molar-refractivity contribution is 5.69. The van der Waals surface area contributed by atoms with E-state index in [2.05, 4.69) is 27.7 Å². The predicted molar refractivity (Wildman–Crippen MR) is 91.5 cm³/mol. The van der Waals surface area contributed by atoms with Crippen molar-refractivity contribution in [1.29, 1.82) is 0 Å². The molecule has 0 aliphatic rings. The monoisotopic (exact) mass is 298 g/mol. The van der Waals surface area contributed by atoms with E-state index in [-0.39, 0.29) is 5.92 Å². The summed E-state index contributed by atoms with van der Waals surface area (Å²) in [6.07, 6.45) is 11.2. The van der Waals surface area contributed by atoms with Crippen molar-refractivity contribution in [3.05, 3.63) is 0 Å². The minimum absolute atomic E-state index is 0.182. The predicted octanol–water partition coefficient (Wildman–Crippen LogP) is 6.15. The molecule has 0 aromatic carbocycles. The molecule has 0 saturated carbocycles. The Morgan fingerprint density at radius 1 is 0.714 bits per heavy atom. The summed E-state index contributed by atoms with van der Waals surface area (Å²) in [4.78, 5) is 10.8. The van der Waals surface area contributed by atoms with Gasteiger partial charge in [-0.2, -0.15) is 0 Å². The van der Waals surface area contributed by atoms with Gasteiger partial charge in [0, 0.05) is 0 Å². The third-order valence-corrected chi connectivity index (χ3v) is 4.63. The smallest absolute Gasteiger partial charge is 0.306 e. The lowest BCUT2D eigenvalue weighted by Crippen LogP contribution is -2.09. The van der Waals surface area contributed by atoms with Gasteiger partial charge in [-0.1, -0.05) is 86.0 Å². The van der Waals surface area contributed by atoms with E-state index < -0.39 is 5.97 Å². The zero-order chi connectivity index (χ0) is 16.3. The molecule has 0 spiro atoms. The minimum Gasteiger partial charge on any atom is -0.481 e. The van der Waals surface area contributed by atoms with Gasteiger partial charge in [-0.25, -0.2) is 0 Å². The fraction of sp³-hybridized carbons (Fsp3) is 0.947. The number of aliphatic carboxylic acids is 1. The molecule has 0 radical (unpaired) electrons. The Morgan fingerprint density at radius 2 is 1.10 bits per heavy atom. The number of rotatable bonds is 13. The van der Waals surface area contributed by atoms with Gasteiger partial charge in [0.25, 0.3) is 0 Å². The van der Waals surface area contributed by atoms with Gasteiger partial charge in [0.15, 0.2) is 0 Å². The Bertz CT molecular complexity index is 260. The molecule has 0 unspecified atom stereocenters. The topological polar surface area (TPSA) is 37.3 Å². The van der Waals surface area contributed by atoms with Gasteiger partial charge in [-0.05, 0) is 24.2 Å². The molecule has 1 N–H and O–H groups in total. The van der Waals surface area contributed by atoms with Crippen LogP contribution in [0.15, 0.2) is 0 Å². The first kappa shape index (κ1) is 20.5.